The fourth-order valence-corrected chi connectivity index (χ4v) is 8.23. The number of phenolic OH excluding ortho intramolecular Hbond substituents is 2. The number of anilines is 2. The zero-order valence-electron chi connectivity index (χ0n) is 29.0. The Kier molecular flexibility index (Phi) is 10.4. The quantitative estimate of drug-likeness (QED) is 0.0346. The van der Waals surface area contributed by atoms with Gasteiger partial charge in [-0.25, -0.2) is 0 Å². The number of azo groups is 2. The third-order valence-corrected chi connectivity index (χ3v) is 11.8. The highest BCUT2D eigenvalue weighted by atomic mass is 32.2. The number of aromatic hydroxyl groups is 2. The highest BCUT2D eigenvalue weighted by molar-refractivity contribution is 7.86. The predicted molar refractivity (Wildman–Crippen MR) is 206 cm³/mol. The lowest BCUT2D eigenvalue weighted by atomic mass is 10.0. The van der Waals surface area contributed by atoms with E-state index in [1.54, 1.807) is 38.1 Å². The van der Waals surface area contributed by atoms with Crippen LogP contribution in [0.4, 0.5) is 34.1 Å². The standard InChI is InChI=1S/C34H28N6O13S4/c1-15-7-17(3-5-25(15)37-39-31-27(56(48,49)50)11-19-9-21(54(43)44)13-23(35)29(19)33(31)41)18-4-6-26(16(2)8-18)38-40-32-28(57(51,52)53)12-20-10-22(55(45,46)47)14-24(36)30(20)34(32)42/h3-14,41-42H,35-36H2,1-2H3,(H,43,44)(H,45,46,47)(H,48,49,50)(H,51,52,53)/p-1. The van der Waals surface area contributed by atoms with Gasteiger partial charge < -0.3 is 26.2 Å². The van der Waals surface area contributed by atoms with Gasteiger partial charge in [0.1, 0.15) is 21.2 Å². The Labute approximate surface area is 325 Å². The normalized spacial score (nSPS) is 13.3. The van der Waals surface area contributed by atoms with E-state index in [9.17, 15) is 57.9 Å². The van der Waals surface area contributed by atoms with Crippen LogP contribution in [0.25, 0.3) is 32.7 Å². The number of nitrogen functional groups attached to an aromatic ring is 2. The van der Waals surface area contributed by atoms with Crippen molar-refractivity contribution >= 4 is 97.1 Å². The molecule has 6 aromatic rings. The second-order valence-electron chi connectivity index (χ2n) is 12.4. The fraction of sp³-hybridized carbons (Fsp3) is 0.0588. The third-order valence-electron chi connectivity index (χ3n) is 8.60. The number of rotatable bonds is 9. The van der Waals surface area contributed by atoms with Crippen molar-refractivity contribution in [2.24, 2.45) is 20.5 Å². The number of nitrogens with zero attached hydrogens (tertiary/aromatic N) is 4. The van der Waals surface area contributed by atoms with Gasteiger partial charge in [0.25, 0.3) is 30.4 Å². The Balaban J connectivity index is 1.33. The van der Waals surface area contributed by atoms with Gasteiger partial charge in [-0.3, -0.25) is 17.9 Å². The number of phenols is 2. The van der Waals surface area contributed by atoms with Gasteiger partial charge in [0, 0.05) is 27.0 Å². The van der Waals surface area contributed by atoms with Gasteiger partial charge in [-0.1, -0.05) is 12.1 Å². The van der Waals surface area contributed by atoms with Crippen molar-refractivity contribution in [2.45, 2.75) is 33.4 Å². The first-order valence-corrected chi connectivity index (χ1v) is 21.1. The molecule has 0 aliphatic heterocycles. The van der Waals surface area contributed by atoms with Gasteiger partial charge in [0.05, 0.1) is 16.3 Å². The summed E-state index contributed by atoms with van der Waals surface area (Å²) >= 11 is -2.74. The molecule has 296 valence electrons. The molecular weight excluding hydrogens is 829 g/mol. The van der Waals surface area contributed by atoms with Crippen LogP contribution in [0.1, 0.15) is 11.1 Å². The maximum absolute atomic E-state index is 12.3. The number of nitrogens with two attached hydrogens (primary N) is 2. The molecule has 1 unspecified atom stereocenters. The number of fused-ring (bicyclic) bond motifs is 2. The molecule has 57 heavy (non-hydrogen) atoms. The summed E-state index contributed by atoms with van der Waals surface area (Å²) in [6, 6.07) is 15.3. The second kappa shape index (κ2) is 14.5. The third kappa shape index (κ3) is 8.03. The fourth-order valence-electron chi connectivity index (χ4n) is 5.92. The predicted octanol–water partition coefficient (Wildman–Crippen LogP) is 6.66. The van der Waals surface area contributed by atoms with E-state index < -0.39 is 79.0 Å². The minimum Gasteiger partial charge on any atom is -0.768 e. The highest BCUT2D eigenvalue weighted by Gasteiger charge is 2.26. The molecule has 0 saturated heterocycles. The highest BCUT2D eigenvalue weighted by Crippen LogP contribution is 2.46. The molecule has 0 aromatic heterocycles. The van der Waals surface area contributed by atoms with Crippen molar-refractivity contribution in [1.29, 1.82) is 0 Å². The molecule has 6 aromatic carbocycles. The van der Waals surface area contributed by atoms with Crippen LogP contribution in [0.5, 0.6) is 11.5 Å². The molecule has 0 saturated carbocycles. The average molecular weight is 856 g/mol. The zero-order valence-corrected chi connectivity index (χ0v) is 32.3. The average Bonchev–Trinajstić information content (AvgIpc) is 3.09. The Hall–Kier alpha value is -5.92. The number of benzene rings is 6. The van der Waals surface area contributed by atoms with E-state index in [1.807, 2.05) is 0 Å². The summed E-state index contributed by atoms with van der Waals surface area (Å²) in [5, 5.41) is 37.2. The second-order valence-corrected chi connectivity index (χ2v) is 17.6. The van der Waals surface area contributed by atoms with Crippen LogP contribution in [-0.2, 0) is 41.4 Å². The monoisotopic (exact) mass is 855 g/mol. The Morgan fingerprint density at radius 2 is 1.00 bits per heavy atom. The van der Waals surface area contributed by atoms with Crippen molar-refractivity contribution in [1.82, 2.24) is 0 Å². The molecule has 6 rings (SSSR count). The summed E-state index contributed by atoms with van der Waals surface area (Å²) in [7, 11) is -14.9. The molecule has 23 heteroatoms. The summed E-state index contributed by atoms with van der Waals surface area (Å²) in [4.78, 5) is -2.75. The number of aryl methyl sites for hydroxylation is 2. The van der Waals surface area contributed by atoms with Crippen molar-refractivity contribution in [3.63, 3.8) is 0 Å². The van der Waals surface area contributed by atoms with E-state index in [2.05, 4.69) is 20.5 Å². The Bertz CT molecular complexity index is 3150. The van der Waals surface area contributed by atoms with Gasteiger partial charge in [-0.2, -0.15) is 35.5 Å². The van der Waals surface area contributed by atoms with Gasteiger partial charge in [0.15, 0.2) is 11.5 Å². The van der Waals surface area contributed by atoms with Crippen LogP contribution in [0.2, 0.25) is 0 Å². The van der Waals surface area contributed by atoms with Gasteiger partial charge in [-0.15, -0.1) is 10.2 Å². The molecule has 0 amide bonds. The maximum atomic E-state index is 12.3. The van der Waals surface area contributed by atoms with Crippen molar-refractivity contribution < 1.29 is 57.9 Å². The first-order valence-electron chi connectivity index (χ1n) is 15.7. The summed E-state index contributed by atoms with van der Waals surface area (Å²) in [5.41, 5.74) is 12.8. The topological polar surface area (TPSA) is 345 Å². The summed E-state index contributed by atoms with van der Waals surface area (Å²) < 4.78 is 125. The lowest BCUT2D eigenvalue weighted by Gasteiger charge is -2.13. The molecule has 0 aliphatic carbocycles. The largest absolute Gasteiger partial charge is 0.768 e. The van der Waals surface area contributed by atoms with Gasteiger partial charge in [-0.05, 0) is 119 Å². The van der Waals surface area contributed by atoms with Crippen molar-refractivity contribution in [3.05, 3.63) is 83.9 Å². The lowest BCUT2D eigenvalue weighted by molar-refractivity contribution is 0.471. The van der Waals surface area contributed by atoms with Crippen LogP contribution >= 0.6 is 0 Å². The van der Waals surface area contributed by atoms with Crippen LogP contribution in [-0.4, -0.2) is 57.9 Å². The van der Waals surface area contributed by atoms with E-state index in [1.165, 1.54) is 12.1 Å². The van der Waals surface area contributed by atoms with E-state index in [0.717, 1.165) is 36.4 Å². The molecule has 19 nitrogen and oxygen atoms in total. The summed E-state index contributed by atoms with van der Waals surface area (Å²) in [5.74, 6) is -1.61. The van der Waals surface area contributed by atoms with Crippen LogP contribution < -0.4 is 11.5 Å². The van der Waals surface area contributed by atoms with Crippen molar-refractivity contribution in [2.75, 3.05) is 11.5 Å². The molecule has 1 atom stereocenters. The smallest absolute Gasteiger partial charge is 0.296 e. The van der Waals surface area contributed by atoms with E-state index >= 15 is 0 Å². The minimum atomic E-state index is -5.07. The summed E-state index contributed by atoms with van der Waals surface area (Å²) in [6.45, 7) is 3.32. The van der Waals surface area contributed by atoms with Crippen molar-refractivity contribution in [3.8, 4) is 22.6 Å². The number of hydrogen-bond acceptors (Lipinski definition) is 16. The SMILES string of the molecule is Cc1cc(-c2ccc(N=Nc3c(S(=O)(=O)O)cc4cc(S(=O)(=O)O)cc(N)c4c3O)c(C)c2)ccc1N=Nc1c(S(=O)(=O)O)cc2cc(S(=O)[O-])cc(N)c2c1O. The number of hydrogen-bond donors (Lipinski definition) is 7. The van der Waals surface area contributed by atoms with Gasteiger partial charge in [0.2, 0.25) is 0 Å². The minimum absolute atomic E-state index is 0.0967. The molecule has 0 radical (unpaired) electrons. The maximum Gasteiger partial charge on any atom is 0.296 e. The Morgan fingerprint density at radius 3 is 1.39 bits per heavy atom. The molecule has 9 N–H and O–H groups in total. The molecular formula is C34H27N6O13S4-. The molecule has 0 spiro atoms. The first kappa shape index (κ1) is 40.7. The van der Waals surface area contributed by atoms with Crippen LogP contribution in [0.3, 0.4) is 0 Å². The van der Waals surface area contributed by atoms with Crippen LogP contribution in [0, 0.1) is 13.8 Å². The van der Waals surface area contributed by atoms with E-state index in [-0.39, 0.29) is 49.2 Å². The van der Waals surface area contributed by atoms with E-state index in [0.29, 0.717) is 22.3 Å². The Morgan fingerprint density at radius 1 is 0.579 bits per heavy atom. The zero-order chi connectivity index (χ0) is 41.9. The summed E-state index contributed by atoms with van der Waals surface area (Å²) in [6.07, 6.45) is 0. The van der Waals surface area contributed by atoms with Gasteiger partial charge >= 0.3 is 0 Å². The molecule has 0 bridgehead atoms. The van der Waals surface area contributed by atoms with E-state index in [4.69, 9.17) is 11.5 Å². The molecule has 0 aliphatic rings. The lowest BCUT2D eigenvalue weighted by Crippen LogP contribution is -2.02. The molecule has 0 fully saturated rings. The first-order chi connectivity index (χ1) is 26.4. The van der Waals surface area contributed by atoms with Crippen LogP contribution in [0.15, 0.2) is 113 Å². The molecule has 0 heterocycles.